The molecule has 2 unspecified atom stereocenters. The van der Waals surface area contributed by atoms with Crippen molar-refractivity contribution in [3.05, 3.63) is 11.1 Å². The maximum absolute atomic E-state index is 5.89. The van der Waals surface area contributed by atoms with Gasteiger partial charge >= 0.3 is 0 Å². The minimum atomic E-state index is 0.451. The number of morpholine rings is 1. The number of nitrogen functional groups attached to an aromatic ring is 1. The van der Waals surface area contributed by atoms with E-state index < -0.39 is 0 Å². The highest BCUT2D eigenvalue weighted by molar-refractivity contribution is 7.15. The van der Waals surface area contributed by atoms with Crippen LogP contribution >= 0.6 is 11.3 Å². The van der Waals surface area contributed by atoms with E-state index in [4.69, 9.17) is 10.6 Å². The molecule has 2 atom stereocenters. The molecule has 1 aromatic heterocycles. The number of hydrazine groups is 1. The second-order valence-electron chi connectivity index (χ2n) is 5.01. The van der Waals surface area contributed by atoms with Gasteiger partial charge in [-0.25, -0.2) is 10.8 Å². The van der Waals surface area contributed by atoms with Gasteiger partial charge < -0.3 is 4.74 Å². The summed E-state index contributed by atoms with van der Waals surface area (Å²) in [7, 11) is 0. The van der Waals surface area contributed by atoms with Crippen molar-refractivity contribution in [2.45, 2.75) is 44.4 Å². The van der Waals surface area contributed by atoms with Crippen LogP contribution in [0.4, 0.5) is 5.13 Å². The Morgan fingerprint density at radius 2 is 2.39 bits per heavy atom. The van der Waals surface area contributed by atoms with Gasteiger partial charge in [-0.05, 0) is 12.8 Å². The van der Waals surface area contributed by atoms with Crippen LogP contribution in [0.3, 0.4) is 0 Å². The van der Waals surface area contributed by atoms with E-state index in [1.165, 1.54) is 30.6 Å². The van der Waals surface area contributed by atoms with Gasteiger partial charge in [-0.3, -0.25) is 10.3 Å². The molecule has 0 spiro atoms. The first-order valence-corrected chi connectivity index (χ1v) is 7.45. The number of ether oxygens (including phenoxy) is 1. The smallest absolute Gasteiger partial charge is 0.197 e. The summed E-state index contributed by atoms with van der Waals surface area (Å²) in [5.74, 6) is 5.37. The number of nitrogens with two attached hydrogens (primary N) is 1. The molecule has 0 amide bonds. The van der Waals surface area contributed by atoms with Crippen molar-refractivity contribution in [1.82, 2.24) is 9.88 Å². The van der Waals surface area contributed by atoms with E-state index in [0.29, 0.717) is 12.1 Å². The third-order valence-electron chi connectivity index (χ3n) is 3.88. The van der Waals surface area contributed by atoms with Crippen LogP contribution in [0.2, 0.25) is 0 Å². The Morgan fingerprint density at radius 3 is 3.22 bits per heavy atom. The van der Waals surface area contributed by atoms with Crippen LogP contribution in [-0.2, 0) is 11.3 Å². The van der Waals surface area contributed by atoms with Gasteiger partial charge in [0, 0.05) is 30.2 Å². The predicted molar refractivity (Wildman–Crippen MR) is 72.3 cm³/mol. The SMILES string of the molecule is NNc1ncc(CN2CCOC3CCCCC32)s1. The maximum Gasteiger partial charge on any atom is 0.197 e. The minimum Gasteiger partial charge on any atom is -0.375 e. The van der Waals surface area contributed by atoms with E-state index in [1.54, 1.807) is 11.3 Å². The number of thiazole rings is 1. The lowest BCUT2D eigenvalue weighted by molar-refractivity contribution is -0.0908. The van der Waals surface area contributed by atoms with E-state index in [2.05, 4.69) is 15.3 Å². The van der Waals surface area contributed by atoms with E-state index in [9.17, 15) is 0 Å². The van der Waals surface area contributed by atoms with Gasteiger partial charge in [-0.15, -0.1) is 0 Å². The van der Waals surface area contributed by atoms with Crippen molar-refractivity contribution in [3.8, 4) is 0 Å². The number of hydrogen-bond donors (Lipinski definition) is 2. The molecule has 5 nitrogen and oxygen atoms in total. The fraction of sp³-hybridized carbons (Fsp3) is 0.750. The van der Waals surface area contributed by atoms with Crippen molar-refractivity contribution >= 4 is 16.5 Å². The van der Waals surface area contributed by atoms with Gasteiger partial charge in [0.2, 0.25) is 0 Å². The Labute approximate surface area is 111 Å². The molecule has 1 saturated carbocycles. The topological polar surface area (TPSA) is 63.4 Å². The molecule has 3 rings (SSSR count). The highest BCUT2D eigenvalue weighted by atomic mass is 32.1. The van der Waals surface area contributed by atoms with Crippen molar-refractivity contribution in [2.75, 3.05) is 18.6 Å². The molecule has 2 aliphatic rings. The number of fused-ring (bicyclic) bond motifs is 1. The van der Waals surface area contributed by atoms with E-state index in [-0.39, 0.29) is 0 Å². The Balaban J connectivity index is 1.66. The molecule has 6 heteroatoms. The first kappa shape index (κ1) is 12.3. The lowest BCUT2D eigenvalue weighted by Gasteiger charge is -2.43. The van der Waals surface area contributed by atoms with Crippen LogP contribution in [0.15, 0.2) is 6.20 Å². The molecule has 2 fully saturated rings. The van der Waals surface area contributed by atoms with Gasteiger partial charge in [0.1, 0.15) is 0 Å². The number of aromatic nitrogens is 1. The molecule has 1 saturated heterocycles. The Kier molecular flexibility index (Phi) is 3.79. The Hall–Kier alpha value is -0.690. The molecular formula is C12H20N4OS. The quantitative estimate of drug-likeness (QED) is 0.643. The van der Waals surface area contributed by atoms with Crippen LogP contribution < -0.4 is 11.3 Å². The average Bonchev–Trinajstić information content (AvgIpc) is 2.87. The van der Waals surface area contributed by atoms with Crippen molar-refractivity contribution in [3.63, 3.8) is 0 Å². The number of nitrogens with one attached hydrogen (secondary N) is 1. The fourth-order valence-electron chi connectivity index (χ4n) is 3.02. The molecule has 0 aromatic carbocycles. The summed E-state index contributed by atoms with van der Waals surface area (Å²) in [6.07, 6.45) is 7.52. The predicted octanol–water partition coefficient (Wildman–Crippen LogP) is 1.57. The van der Waals surface area contributed by atoms with Crippen molar-refractivity contribution < 1.29 is 4.74 Å². The second-order valence-corrected chi connectivity index (χ2v) is 6.12. The lowest BCUT2D eigenvalue weighted by atomic mass is 9.90. The molecular weight excluding hydrogens is 248 g/mol. The van der Waals surface area contributed by atoms with Crippen molar-refractivity contribution in [2.24, 2.45) is 5.84 Å². The zero-order chi connectivity index (χ0) is 12.4. The zero-order valence-corrected chi connectivity index (χ0v) is 11.3. The zero-order valence-electron chi connectivity index (χ0n) is 10.5. The van der Waals surface area contributed by atoms with Crippen molar-refractivity contribution in [1.29, 1.82) is 0 Å². The number of rotatable bonds is 3. The second kappa shape index (κ2) is 5.52. The number of nitrogens with zero attached hydrogens (tertiary/aromatic N) is 2. The first-order valence-electron chi connectivity index (χ1n) is 6.64. The monoisotopic (exact) mass is 268 g/mol. The summed E-state index contributed by atoms with van der Waals surface area (Å²) in [6.45, 7) is 2.87. The van der Waals surface area contributed by atoms with E-state index in [0.717, 1.165) is 24.8 Å². The molecule has 2 heterocycles. The van der Waals surface area contributed by atoms with Gasteiger partial charge in [0.25, 0.3) is 0 Å². The lowest BCUT2D eigenvalue weighted by Crippen LogP contribution is -2.51. The molecule has 100 valence electrons. The summed E-state index contributed by atoms with van der Waals surface area (Å²) >= 11 is 1.64. The van der Waals surface area contributed by atoms with Crippen LogP contribution in [-0.4, -0.2) is 35.2 Å². The van der Waals surface area contributed by atoms with Crippen LogP contribution in [0, 0.1) is 0 Å². The van der Waals surface area contributed by atoms with Gasteiger partial charge in [-0.1, -0.05) is 24.2 Å². The van der Waals surface area contributed by atoms with Crippen LogP contribution in [0.25, 0.3) is 0 Å². The number of anilines is 1. The summed E-state index contributed by atoms with van der Waals surface area (Å²) in [4.78, 5) is 8.06. The first-order chi connectivity index (χ1) is 8.86. The largest absolute Gasteiger partial charge is 0.375 e. The van der Waals surface area contributed by atoms with Crippen LogP contribution in [0.1, 0.15) is 30.6 Å². The summed E-state index contributed by atoms with van der Waals surface area (Å²) in [5, 5.41) is 0.790. The summed E-state index contributed by atoms with van der Waals surface area (Å²) in [6, 6.07) is 0.601. The fourth-order valence-corrected chi connectivity index (χ4v) is 3.77. The molecule has 18 heavy (non-hydrogen) atoms. The molecule has 0 bridgehead atoms. The van der Waals surface area contributed by atoms with Crippen LogP contribution in [0.5, 0.6) is 0 Å². The standard InChI is InChI=1S/C12H20N4OS/c13-15-12-14-7-9(18-12)8-16-5-6-17-11-4-2-1-3-10(11)16/h7,10-11H,1-6,8,13H2,(H,14,15). The van der Waals surface area contributed by atoms with E-state index >= 15 is 0 Å². The molecule has 1 aromatic rings. The molecule has 0 radical (unpaired) electrons. The normalized spacial score (nSPS) is 28.9. The third-order valence-corrected chi connectivity index (χ3v) is 4.80. The Bertz CT molecular complexity index is 395. The maximum atomic E-state index is 5.89. The molecule has 3 N–H and O–H groups in total. The summed E-state index contributed by atoms with van der Waals surface area (Å²) < 4.78 is 5.89. The van der Waals surface area contributed by atoms with Gasteiger partial charge in [0.05, 0.1) is 12.7 Å². The minimum absolute atomic E-state index is 0.451. The average molecular weight is 268 g/mol. The highest BCUT2D eigenvalue weighted by Gasteiger charge is 2.34. The van der Waals surface area contributed by atoms with Gasteiger partial charge in [-0.2, -0.15) is 0 Å². The van der Waals surface area contributed by atoms with E-state index in [1.807, 2.05) is 6.20 Å². The molecule has 1 aliphatic carbocycles. The third kappa shape index (κ3) is 2.51. The number of hydrogen-bond acceptors (Lipinski definition) is 6. The summed E-state index contributed by atoms with van der Waals surface area (Å²) in [5.41, 5.74) is 2.61. The van der Waals surface area contributed by atoms with Gasteiger partial charge in [0.15, 0.2) is 5.13 Å². The molecule has 1 aliphatic heterocycles. The Morgan fingerprint density at radius 1 is 1.50 bits per heavy atom. The highest BCUT2D eigenvalue weighted by Crippen LogP contribution is 2.30.